The van der Waals surface area contributed by atoms with E-state index in [9.17, 15) is 14.4 Å². The third-order valence-electron chi connectivity index (χ3n) is 5.10. The smallest absolute Gasteiger partial charge is 0.311 e. The number of hydrogen-bond acceptors (Lipinski definition) is 6. The molecule has 2 N–H and O–H groups in total. The van der Waals surface area contributed by atoms with Crippen LogP contribution in [-0.2, 0) is 7.05 Å². The van der Waals surface area contributed by atoms with Gasteiger partial charge in [0.1, 0.15) is 0 Å². The Hall–Kier alpha value is -3.85. The number of imide groups is 1. The van der Waals surface area contributed by atoms with Crippen molar-refractivity contribution < 1.29 is 9.59 Å². The molecule has 0 aliphatic carbocycles. The first-order valence-electron chi connectivity index (χ1n) is 9.85. The fraction of sp³-hybridized carbons (Fsp3) is 0.174. The number of carbonyl (C=O) groups is 2. The number of aryl methyl sites for hydroxylation is 4. The Balaban J connectivity index is 1.66. The van der Waals surface area contributed by atoms with Gasteiger partial charge in [-0.15, -0.1) is 11.3 Å². The number of thiazole rings is 1. The van der Waals surface area contributed by atoms with Gasteiger partial charge in [0.2, 0.25) is 0 Å². The molecule has 0 saturated carbocycles. The van der Waals surface area contributed by atoms with E-state index in [0.717, 1.165) is 27.0 Å². The number of hydrogen-bond donors (Lipinski definition) is 2. The van der Waals surface area contributed by atoms with Crippen molar-refractivity contribution in [3.05, 3.63) is 74.8 Å². The lowest BCUT2D eigenvalue weighted by atomic mass is 9.97. The van der Waals surface area contributed by atoms with Gasteiger partial charge in [-0.25, -0.2) is 9.78 Å². The molecule has 0 aliphatic heterocycles. The zero-order valence-electron chi connectivity index (χ0n) is 18.0. The molecule has 0 aliphatic rings. The van der Waals surface area contributed by atoms with E-state index in [1.54, 1.807) is 48.3 Å². The molecular weight excluding hydrogens is 426 g/mol. The first kappa shape index (κ1) is 21.4. The second-order valence-corrected chi connectivity index (χ2v) is 8.76. The molecule has 3 heterocycles. The molecule has 0 unspecified atom stereocenters. The molecule has 8 nitrogen and oxygen atoms in total. The Labute approximate surface area is 188 Å². The van der Waals surface area contributed by atoms with Crippen LogP contribution in [0.5, 0.6) is 0 Å². The van der Waals surface area contributed by atoms with Gasteiger partial charge in [-0.05, 0) is 56.2 Å². The highest BCUT2D eigenvalue weighted by Crippen LogP contribution is 2.25. The van der Waals surface area contributed by atoms with Gasteiger partial charge in [0.15, 0.2) is 5.13 Å². The van der Waals surface area contributed by atoms with E-state index >= 15 is 0 Å². The van der Waals surface area contributed by atoms with Crippen LogP contribution in [0, 0.1) is 20.8 Å². The second kappa shape index (κ2) is 8.35. The van der Waals surface area contributed by atoms with Crippen molar-refractivity contribution in [1.29, 1.82) is 0 Å². The summed E-state index contributed by atoms with van der Waals surface area (Å²) >= 11 is 1.31. The van der Waals surface area contributed by atoms with E-state index in [1.807, 2.05) is 26.8 Å². The summed E-state index contributed by atoms with van der Waals surface area (Å²) in [5, 5.41) is 6.06. The molecule has 3 aromatic heterocycles. The predicted molar refractivity (Wildman–Crippen MR) is 125 cm³/mol. The van der Waals surface area contributed by atoms with Crippen LogP contribution >= 0.6 is 11.3 Å². The summed E-state index contributed by atoms with van der Waals surface area (Å²) in [5.74, 6) is -0.577. The van der Waals surface area contributed by atoms with E-state index < -0.39 is 11.9 Å². The van der Waals surface area contributed by atoms with Crippen molar-refractivity contribution in [2.24, 2.45) is 7.05 Å². The molecule has 162 valence electrons. The van der Waals surface area contributed by atoms with E-state index in [4.69, 9.17) is 0 Å². The highest BCUT2D eigenvalue weighted by Gasteiger charge is 2.16. The topological polar surface area (TPSA) is 106 Å². The molecule has 4 aromatic rings. The molecule has 9 heteroatoms. The number of nitrogens with zero attached hydrogens (tertiary/aromatic N) is 3. The number of aromatic nitrogens is 3. The number of benzene rings is 1. The van der Waals surface area contributed by atoms with Crippen molar-refractivity contribution >= 4 is 39.3 Å². The lowest BCUT2D eigenvalue weighted by molar-refractivity contribution is 0.0967. The van der Waals surface area contributed by atoms with Gasteiger partial charge in [-0.2, -0.15) is 0 Å². The van der Waals surface area contributed by atoms with Crippen molar-refractivity contribution in [1.82, 2.24) is 19.9 Å². The Morgan fingerprint density at radius 3 is 2.50 bits per heavy atom. The molecule has 3 amide bonds. The molecule has 0 saturated heterocycles. The van der Waals surface area contributed by atoms with Gasteiger partial charge in [-0.3, -0.25) is 25.2 Å². The number of rotatable bonds is 3. The molecule has 0 spiro atoms. The highest BCUT2D eigenvalue weighted by molar-refractivity contribution is 7.15. The van der Waals surface area contributed by atoms with Crippen LogP contribution < -0.4 is 16.2 Å². The van der Waals surface area contributed by atoms with Gasteiger partial charge in [0, 0.05) is 46.5 Å². The quantitative estimate of drug-likeness (QED) is 0.495. The summed E-state index contributed by atoms with van der Waals surface area (Å²) in [6.07, 6.45) is 3.36. The molecular formula is C23H21N5O3S. The summed E-state index contributed by atoms with van der Waals surface area (Å²) in [6.45, 7) is 5.61. The Morgan fingerprint density at radius 1 is 1.00 bits per heavy atom. The van der Waals surface area contributed by atoms with E-state index in [1.165, 1.54) is 11.3 Å². The Morgan fingerprint density at radius 2 is 1.78 bits per heavy atom. The van der Waals surface area contributed by atoms with Crippen molar-refractivity contribution in [3.8, 4) is 11.1 Å². The number of fused-ring (bicyclic) bond motifs is 1. The molecule has 32 heavy (non-hydrogen) atoms. The van der Waals surface area contributed by atoms with Crippen molar-refractivity contribution in [2.45, 2.75) is 20.8 Å². The zero-order chi connectivity index (χ0) is 23.0. The third-order valence-corrected chi connectivity index (χ3v) is 5.93. The average Bonchev–Trinajstić information content (AvgIpc) is 3.15. The number of pyridine rings is 2. The number of carbonyl (C=O) groups excluding carboxylic acids is 2. The summed E-state index contributed by atoms with van der Waals surface area (Å²) < 4.78 is 1.58. The van der Waals surface area contributed by atoms with Crippen molar-refractivity contribution in [3.63, 3.8) is 0 Å². The minimum atomic E-state index is -0.672. The maximum Gasteiger partial charge on any atom is 0.327 e. The lowest BCUT2D eigenvalue weighted by Gasteiger charge is -2.12. The fourth-order valence-corrected chi connectivity index (χ4v) is 4.09. The Kier molecular flexibility index (Phi) is 5.58. The monoisotopic (exact) mass is 447 g/mol. The highest BCUT2D eigenvalue weighted by atomic mass is 32.1. The summed E-state index contributed by atoms with van der Waals surface area (Å²) in [5.41, 5.74) is 3.60. The minimum Gasteiger partial charge on any atom is -0.311 e. The normalized spacial score (nSPS) is 10.9. The molecule has 0 radical (unpaired) electrons. The van der Waals surface area contributed by atoms with E-state index in [2.05, 4.69) is 20.6 Å². The van der Waals surface area contributed by atoms with Crippen LogP contribution in [0.1, 0.15) is 26.5 Å². The number of nitrogens with one attached hydrogen (secondary N) is 2. The average molecular weight is 448 g/mol. The largest absolute Gasteiger partial charge is 0.327 e. The van der Waals surface area contributed by atoms with Gasteiger partial charge < -0.3 is 4.57 Å². The van der Waals surface area contributed by atoms with Crippen LogP contribution in [0.4, 0.5) is 9.93 Å². The van der Waals surface area contributed by atoms with Crippen LogP contribution in [0.15, 0.2) is 47.5 Å². The zero-order valence-corrected chi connectivity index (χ0v) is 18.8. The predicted octanol–water partition coefficient (Wildman–Crippen LogP) is 3.94. The molecule has 1 aromatic carbocycles. The van der Waals surface area contributed by atoms with Gasteiger partial charge in [-0.1, -0.05) is 6.07 Å². The lowest BCUT2D eigenvalue weighted by Crippen LogP contribution is -2.34. The van der Waals surface area contributed by atoms with Crippen LogP contribution in [0.3, 0.4) is 0 Å². The van der Waals surface area contributed by atoms with Crippen LogP contribution in [0.25, 0.3) is 22.0 Å². The van der Waals surface area contributed by atoms with Gasteiger partial charge >= 0.3 is 6.03 Å². The summed E-state index contributed by atoms with van der Waals surface area (Å²) in [7, 11) is 1.71. The number of anilines is 1. The molecule has 0 fully saturated rings. The summed E-state index contributed by atoms with van der Waals surface area (Å²) in [6, 6.07) is 7.96. The van der Waals surface area contributed by atoms with Crippen molar-refractivity contribution in [2.75, 3.05) is 5.32 Å². The molecule has 4 rings (SSSR count). The van der Waals surface area contributed by atoms with Crippen LogP contribution in [0.2, 0.25) is 0 Å². The fourth-order valence-electron chi connectivity index (χ4n) is 3.43. The first-order valence-corrected chi connectivity index (χ1v) is 10.7. The maximum atomic E-state index is 13.1. The van der Waals surface area contributed by atoms with Gasteiger partial charge in [0.25, 0.3) is 11.5 Å². The summed E-state index contributed by atoms with van der Waals surface area (Å²) in [4.78, 5) is 47.2. The third kappa shape index (κ3) is 4.15. The SMILES string of the molecule is Cc1cc2c(cn1)cc(-c1cc(C(=O)NC(=O)Nc3ncc(C)s3)ccc1C)c(=O)n2C. The molecule has 0 atom stereocenters. The first-order chi connectivity index (χ1) is 15.2. The number of urea groups is 1. The Bertz CT molecular complexity index is 1440. The van der Waals surface area contributed by atoms with Gasteiger partial charge in [0.05, 0.1) is 5.52 Å². The minimum absolute atomic E-state index is 0.180. The van der Waals surface area contributed by atoms with E-state index in [0.29, 0.717) is 16.3 Å². The standard InChI is InChI=1S/C23H21N5O3S/c1-12-5-6-15(20(29)26-22(31)27-23-25-10-14(3)32-23)8-17(12)18-9-16-11-24-13(2)7-19(16)28(4)21(18)30/h5-11H,1-4H3,(H2,25,26,27,29,31). The molecule has 0 bridgehead atoms. The van der Waals surface area contributed by atoms with E-state index in [-0.39, 0.29) is 11.1 Å². The van der Waals surface area contributed by atoms with Crippen LogP contribution in [-0.4, -0.2) is 26.5 Å². The number of amides is 3. The maximum absolute atomic E-state index is 13.1. The second-order valence-electron chi connectivity index (χ2n) is 7.52.